The number of nitrogens with zero attached hydrogens (tertiary/aromatic N) is 2. The van der Waals surface area contributed by atoms with E-state index in [1.54, 1.807) is 6.07 Å². The van der Waals surface area contributed by atoms with Crippen molar-refractivity contribution < 1.29 is 13.9 Å². The SMILES string of the molecule is COC(=O)c1ccc(Cc2ccc(N3CC4CC4C3)nc2C)o1. The van der Waals surface area contributed by atoms with Crippen LogP contribution in [0.15, 0.2) is 28.7 Å². The number of anilines is 1. The Morgan fingerprint density at radius 3 is 2.78 bits per heavy atom. The van der Waals surface area contributed by atoms with Crippen molar-refractivity contribution in [1.29, 1.82) is 0 Å². The first-order valence-corrected chi connectivity index (χ1v) is 8.02. The molecule has 2 fully saturated rings. The summed E-state index contributed by atoms with van der Waals surface area (Å²) in [5, 5.41) is 0. The minimum Gasteiger partial charge on any atom is -0.463 e. The Kier molecular flexibility index (Phi) is 3.36. The van der Waals surface area contributed by atoms with Crippen molar-refractivity contribution in [2.24, 2.45) is 11.8 Å². The smallest absolute Gasteiger partial charge is 0.373 e. The number of rotatable bonds is 4. The molecule has 0 N–H and O–H groups in total. The van der Waals surface area contributed by atoms with Crippen molar-refractivity contribution in [2.75, 3.05) is 25.1 Å². The molecule has 2 aromatic rings. The summed E-state index contributed by atoms with van der Waals surface area (Å²) in [5.41, 5.74) is 2.13. The van der Waals surface area contributed by atoms with Crippen molar-refractivity contribution >= 4 is 11.8 Å². The fourth-order valence-electron chi connectivity index (χ4n) is 3.40. The third-order valence-corrected chi connectivity index (χ3v) is 4.90. The Morgan fingerprint density at radius 1 is 1.30 bits per heavy atom. The standard InChI is InChI=1S/C18H20N2O3/c1-11-12(8-15-4-5-16(23-15)18(21)22-2)3-6-17(19-11)20-9-13-7-14(13)10-20/h3-6,13-14H,7-10H2,1-2H3. The number of aromatic nitrogens is 1. The second-order valence-corrected chi connectivity index (χ2v) is 6.51. The van der Waals surface area contributed by atoms with Crippen LogP contribution < -0.4 is 4.90 Å². The molecule has 120 valence electrons. The van der Waals surface area contributed by atoms with Crippen molar-refractivity contribution in [3.63, 3.8) is 0 Å². The van der Waals surface area contributed by atoms with Crippen LogP contribution >= 0.6 is 0 Å². The molecule has 1 aliphatic carbocycles. The van der Waals surface area contributed by atoms with E-state index in [9.17, 15) is 4.79 Å². The van der Waals surface area contributed by atoms with E-state index in [0.717, 1.165) is 47.8 Å². The van der Waals surface area contributed by atoms with Gasteiger partial charge in [-0.15, -0.1) is 0 Å². The maximum atomic E-state index is 11.4. The highest BCUT2D eigenvalue weighted by Crippen LogP contribution is 2.45. The van der Waals surface area contributed by atoms with Crippen LogP contribution in [0.25, 0.3) is 0 Å². The average molecular weight is 312 g/mol. The van der Waals surface area contributed by atoms with Gasteiger partial charge >= 0.3 is 5.97 Å². The van der Waals surface area contributed by atoms with Crippen LogP contribution in [0.5, 0.6) is 0 Å². The van der Waals surface area contributed by atoms with Gasteiger partial charge < -0.3 is 14.1 Å². The van der Waals surface area contributed by atoms with Crippen molar-refractivity contribution in [1.82, 2.24) is 4.98 Å². The molecule has 0 radical (unpaired) electrons. The van der Waals surface area contributed by atoms with Gasteiger partial charge in [-0.2, -0.15) is 0 Å². The first kappa shape index (κ1) is 14.3. The van der Waals surface area contributed by atoms with Gasteiger partial charge in [0.2, 0.25) is 5.76 Å². The zero-order chi connectivity index (χ0) is 16.0. The topological polar surface area (TPSA) is 55.6 Å². The Labute approximate surface area is 135 Å². The Bertz CT molecular complexity index is 742. The lowest BCUT2D eigenvalue weighted by Crippen LogP contribution is -2.23. The molecule has 2 aromatic heterocycles. The van der Waals surface area contributed by atoms with Gasteiger partial charge in [0.1, 0.15) is 11.6 Å². The number of methoxy groups -OCH3 is 1. The maximum absolute atomic E-state index is 11.4. The normalized spacial score (nSPS) is 22.1. The van der Waals surface area contributed by atoms with E-state index in [0.29, 0.717) is 6.42 Å². The van der Waals surface area contributed by atoms with E-state index in [1.807, 2.05) is 13.0 Å². The van der Waals surface area contributed by atoms with Crippen LogP contribution in [-0.2, 0) is 11.2 Å². The largest absolute Gasteiger partial charge is 0.463 e. The Morgan fingerprint density at radius 2 is 2.09 bits per heavy atom. The molecular formula is C18H20N2O3. The predicted molar refractivity (Wildman–Crippen MR) is 85.6 cm³/mol. The van der Waals surface area contributed by atoms with E-state index in [4.69, 9.17) is 9.40 Å². The molecule has 5 heteroatoms. The molecule has 3 heterocycles. The van der Waals surface area contributed by atoms with Crippen LogP contribution in [0.2, 0.25) is 0 Å². The number of furan rings is 1. The summed E-state index contributed by atoms with van der Waals surface area (Å²) in [4.78, 5) is 18.6. The molecule has 2 unspecified atom stereocenters. The second-order valence-electron chi connectivity index (χ2n) is 6.51. The van der Waals surface area contributed by atoms with Gasteiger partial charge in [-0.25, -0.2) is 9.78 Å². The molecule has 0 bridgehead atoms. The van der Waals surface area contributed by atoms with Gasteiger partial charge in [0.05, 0.1) is 7.11 Å². The summed E-state index contributed by atoms with van der Waals surface area (Å²) >= 11 is 0. The summed E-state index contributed by atoms with van der Waals surface area (Å²) in [5.74, 6) is 3.40. The molecule has 2 atom stereocenters. The van der Waals surface area contributed by atoms with Crippen LogP contribution in [-0.4, -0.2) is 31.2 Å². The molecule has 2 aliphatic rings. The number of fused-ring (bicyclic) bond motifs is 1. The lowest BCUT2D eigenvalue weighted by molar-refractivity contribution is 0.0563. The predicted octanol–water partition coefficient (Wildman–Crippen LogP) is 2.82. The van der Waals surface area contributed by atoms with Gasteiger partial charge in [-0.05, 0) is 48.9 Å². The second kappa shape index (κ2) is 5.41. The first-order valence-electron chi connectivity index (χ1n) is 8.02. The monoisotopic (exact) mass is 312 g/mol. The molecule has 1 saturated carbocycles. The number of esters is 1. The van der Waals surface area contributed by atoms with Gasteiger partial charge in [-0.3, -0.25) is 0 Å². The highest BCUT2D eigenvalue weighted by atomic mass is 16.5. The van der Waals surface area contributed by atoms with Crippen molar-refractivity contribution in [2.45, 2.75) is 19.8 Å². The van der Waals surface area contributed by atoms with Crippen molar-refractivity contribution in [3.8, 4) is 0 Å². The number of carbonyl (C=O) groups excluding carboxylic acids is 1. The van der Waals surface area contributed by atoms with E-state index >= 15 is 0 Å². The number of aryl methyl sites for hydroxylation is 1. The number of hydrogen-bond donors (Lipinski definition) is 0. The molecule has 1 aliphatic heterocycles. The Hall–Kier alpha value is -2.30. The number of carbonyl (C=O) groups is 1. The number of ether oxygens (including phenoxy) is 1. The summed E-state index contributed by atoms with van der Waals surface area (Å²) in [6.07, 6.45) is 2.02. The van der Waals surface area contributed by atoms with Crippen LogP contribution in [0.4, 0.5) is 5.82 Å². The molecule has 5 nitrogen and oxygen atoms in total. The van der Waals surface area contributed by atoms with Gasteiger partial charge in [0, 0.05) is 25.2 Å². The van der Waals surface area contributed by atoms with E-state index < -0.39 is 5.97 Å². The lowest BCUT2D eigenvalue weighted by Gasteiger charge is -2.20. The Balaban J connectivity index is 1.48. The lowest BCUT2D eigenvalue weighted by atomic mass is 10.1. The molecule has 4 rings (SSSR count). The summed E-state index contributed by atoms with van der Waals surface area (Å²) in [7, 11) is 1.35. The minimum absolute atomic E-state index is 0.237. The molecule has 1 saturated heterocycles. The first-order chi connectivity index (χ1) is 11.1. The highest BCUT2D eigenvalue weighted by molar-refractivity contribution is 5.86. The van der Waals surface area contributed by atoms with Crippen LogP contribution in [0.3, 0.4) is 0 Å². The van der Waals surface area contributed by atoms with Crippen LogP contribution in [0.1, 0.15) is 34.0 Å². The summed E-state index contributed by atoms with van der Waals surface area (Å²) < 4.78 is 10.2. The third kappa shape index (κ3) is 2.71. The maximum Gasteiger partial charge on any atom is 0.373 e. The zero-order valence-electron chi connectivity index (χ0n) is 13.4. The summed E-state index contributed by atoms with van der Waals surface area (Å²) in [6.45, 7) is 4.33. The van der Waals surface area contributed by atoms with E-state index in [1.165, 1.54) is 13.5 Å². The molecule has 23 heavy (non-hydrogen) atoms. The van der Waals surface area contributed by atoms with E-state index in [2.05, 4.69) is 21.8 Å². The fourth-order valence-corrected chi connectivity index (χ4v) is 3.40. The summed E-state index contributed by atoms with van der Waals surface area (Å²) in [6, 6.07) is 7.67. The van der Waals surface area contributed by atoms with E-state index in [-0.39, 0.29) is 5.76 Å². The highest BCUT2D eigenvalue weighted by Gasteiger charge is 2.45. The number of hydrogen-bond acceptors (Lipinski definition) is 5. The fraction of sp³-hybridized carbons (Fsp3) is 0.444. The quantitative estimate of drug-likeness (QED) is 0.813. The molecule has 0 spiro atoms. The molecular weight excluding hydrogens is 292 g/mol. The average Bonchev–Trinajstić information content (AvgIpc) is 2.98. The number of piperidine rings is 1. The van der Waals surface area contributed by atoms with Gasteiger partial charge in [-0.1, -0.05) is 6.07 Å². The van der Waals surface area contributed by atoms with Crippen molar-refractivity contribution in [3.05, 3.63) is 47.0 Å². The third-order valence-electron chi connectivity index (χ3n) is 4.90. The van der Waals surface area contributed by atoms with Crippen LogP contribution in [0, 0.1) is 18.8 Å². The van der Waals surface area contributed by atoms with Gasteiger partial charge in [0.25, 0.3) is 0 Å². The van der Waals surface area contributed by atoms with Gasteiger partial charge in [0.15, 0.2) is 0 Å². The molecule has 0 aromatic carbocycles. The zero-order valence-corrected chi connectivity index (χ0v) is 13.4. The molecule has 0 amide bonds. The minimum atomic E-state index is -0.450. The number of pyridine rings is 1.